The van der Waals surface area contributed by atoms with Gasteiger partial charge >= 0.3 is 5.97 Å². The Bertz CT molecular complexity index is 501. The predicted molar refractivity (Wildman–Crippen MR) is 70.2 cm³/mol. The molecule has 1 atom stereocenters. The zero-order valence-corrected chi connectivity index (χ0v) is 11.3. The van der Waals surface area contributed by atoms with E-state index in [-0.39, 0.29) is 17.3 Å². The number of hydrogen-bond acceptors (Lipinski definition) is 3. The first-order valence-electron chi connectivity index (χ1n) is 6.24. The fourth-order valence-electron chi connectivity index (χ4n) is 2.59. The molecule has 0 saturated carbocycles. The number of carbonyl (C=O) groups is 1. The summed E-state index contributed by atoms with van der Waals surface area (Å²) in [4.78, 5) is 13.2. The molecule has 1 heterocycles. The van der Waals surface area contributed by atoms with E-state index in [0.29, 0.717) is 18.8 Å². The number of aromatic carboxylic acids is 1. The summed E-state index contributed by atoms with van der Waals surface area (Å²) < 4.78 is 19.0. The second-order valence-electron chi connectivity index (χ2n) is 5.54. The van der Waals surface area contributed by atoms with Crippen molar-refractivity contribution in [1.82, 2.24) is 0 Å². The summed E-state index contributed by atoms with van der Waals surface area (Å²) >= 11 is 0. The first-order chi connectivity index (χ1) is 8.78. The molecule has 1 aromatic carbocycles. The first-order valence-corrected chi connectivity index (χ1v) is 6.24. The Morgan fingerprint density at radius 2 is 2.21 bits per heavy atom. The second-order valence-corrected chi connectivity index (χ2v) is 5.54. The molecule has 1 aromatic rings. The molecule has 1 aliphatic rings. The molecule has 0 radical (unpaired) electrons. The van der Waals surface area contributed by atoms with Gasteiger partial charge in [-0.05, 0) is 39.0 Å². The van der Waals surface area contributed by atoms with E-state index in [9.17, 15) is 14.3 Å². The largest absolute Gasteiger partial charge is 0.478 e. The molecule has 1 unspecified atom stereocenters. The zero-order valence-electron chi connectivity index (χ0n) is 11.3. The van der Waals surface area contributed by atoms with Gasteiger partial charge < -0.3 is 14.7 Å². The van der Waals surface area contributed by atoms with Crippen LogP contribution in [-0.4, -0.2) is 35.9 Å². The molecule has 0 amide bonds. The van der Waals surface area contributed by atoms with Crippen LogP contribution in [0.1, 0.15) is 31.1 Å². The molecule has 1 saturated heterocycles. The molecule has 0 bridgehead atoms. The summed E-state index contributed by atoms with van der Waals surface area (Å²) in [5, 5.41) is 9.19. The van der Waals surface area contributed by atoms with E-state index in [2.05, 4.69) is 0 Å². The lowest BCUT2D eigenvalue weighted by Gasteiger charge is -2.43. The molecule has 2 rings (SSSR count). The maximum atomic E-state index is 13.2. The SMILES string of the molecule is CC1CN(c2ccc(F)cc2C(=O)O)CC(C)(C)O1. The fourth-order valence-corrected chi connectivity index (χ4v) is 2.59. The number of carboxylic acid groups (broad SMARTS) is 1. The molecule has 4 nitrogen and oxygen atoms in total. The van der Waals surface area contributed by atoms with Crippen LogP contribution in [0.15, 0.2) is 18.2 Å². The first kappa shape index (κ1) is 13.8. The quantitative estimate of drug-likeness (QED) is 0.894. The van der Waals surface area contributed by atoms with Crippen LogP contribution in [0.2, 0.25) is 0 Å². The minimum Gasteiger partial charge on any atom is -0.478 e. The number of nitrogens with zero attached hydrogens (tertiary/aromatic N) is 1. The molecule has 104 valence electrons. The number of benzene rings is 1. The third-order valence-corrected chi connectivity index (χ3v) is 3.10. The Morgan fingerprint density at radius 3 is 2.79 bits per heavy atom. The van der Waals surface area contributed by atoms with Gasteiger partial charge in [0.15, 0.2) is 0 Å². The van der Waals surface area contributed by atoms with Gasteiger partial charge in [-0.2, -0.15) is 0 Å². The number of rotatable bonds is 2. The van der Waals surface area contributed by atoms with Gasteiger partial charge in [0.05, 0.1) is 23.0 Å². The number of morpholine rings is 1. The highest BCUT2D eigenvalue weighted by Crippen LogP contribution is 2.29. The van der Waals surface area contributed by atoms with Crippen LogP contribution >= 0.6 is 0 Å². The average molecular weight is 267 g/mol. The molecular weight excluding hydrogens is 249 g/mol. The van der Waals surface area contributed by atoms with Gasteiger partial charge in [-0.25, -0.2) is 9.18 Å². The second kappa shape index (κ2) is 4.81. The summed E-state index contributed by atoms with van der Waals surface area (Å²) in [7, 11) is 0. The lowest BCUT2D eigenvalue weighted by atomic mass is 10.0. The molecular formula is C14H18FNO3. The Hall–Kier alpha value is -1.62. The normalized spacial score (nSPS) is 22.3. The van der Waals surface area contributed by atoms with E-state index < -0.39 is 11.8 Å². The van der Waals surface area contributed by atoms with E-state index >= 15 is 0 Å². The summed E-state index contributed by atoms with van der Waals surface area (Å²) in [6.45, 7) is 7.02. The van der Waals surface area contributed by atoms with Gasteiger partial charge in [0.25, 0.3) is 0 Å². The van der Waals surface area contributed by atoms with E-state index in [0.717, 1.165) is 6.07 Å². The lowest BCUT2D eigenvalue weighted by molar-refractivity contribution is -0.0750. The molecule has 0 aliphatic carbocycles. The molecule has 0 spiro atoms. The number of halogens is 1. The lowest BCUT2D eigenvalue weighted by Crippen LogP contribution is -2.52. The molecule has 1 aliphatic heterocycles. The van der Waals surface area contributed by atoms with Crippen molar-refractivity contribution >= 4 is 11.7 Å². The number of ether oxygens (including phenoxy) is 1. The average Bonchev–Trinajstić information content (AvgIpc) is 2.25. The van der Waals surface area contributed by atoms with Crippen LogP contribution in [0.4, 0.5) is 10.1 Å². The predicted octanol–water partition coefficient (Wildman–Crippen LogP) is 2.53. The third-order valence-electron chi connectivity index (χ3n) is 3.10. The minimum atomic E-state index is -1.12. The van der Waals surface area contributed by atoms with Crippen LogP contribution in [0.3, 0.4) is 0 Å². The highest BCUT2D eigenvalue weighted by Gasteiger charge is 2.32. The van der Waals surface area contributed by atoms with E-state index in [1.165, 1.54) is 12.1 Å². The van der Waals surface area contributed by atoms with Gasteiger partial charge in [-0.15, -0.1) is 0 Å². The van der Waals surface area contributed by atoms with Gasteiger partial charge in [-0.3, -0.25) is 0 Å². The summed E-state index contributed by atoms with van der Waals surface area (Å²) in [6.07, 6.45) is -0.00421. The molecule has 5 heteroatoms. The standard InChI is InChI=1S/C14H18FNO3/c1-9-7-16(8-14(2,3)19-9)12-5-4-10(15)6-11(12)13(17)18/h4-6,9H,7-8H2,1-3H3,(H,17,18). The Labute approximate surface area is 111 Å². The van der Waals surface area contributed by atoms with E-state index in [1.54, 1.807) is 0 Å². The van der Waals surface area contributed by atoms with Gasteiger partial charge in [0, 0.05) is 13.1 Å². The van der Waals surface area contributed by atoms with Crippen molar-refractivity contribution in [1.29, 1.82) is 0 Å². The van der Waals surface area contributed by atoms with Gasteiger partial charge in [0.1, 0.15) is 5.82 Å². The van der Waals surface area contributed by atoms with Gasteiger partial charge in [0.2, 0.25) is 0 Å². The van der Waals surface area contributed by atoms with Crippen LogP contribution in [0, 0.1) is 5.82 Å². The summed E-state index contributed by atoms with van der Waals surface area (Å²) in [5.74, 6) is -1.66. The van der Waals surface area contributed by atoms with Crippen molar-refractivity contribution < 1.29 is 19.0 Å². The van der Waals surface area contributed by atoms with Crippen LogP contribution in [0.25, 0.3) is 0 Å². The molecule has 0 aromatic heterocycles. The van der Waals surface area contributed by atoms with Crippen LogP contribution in [0.5, 0.6) is 0 Å². The maximum Gasteiger partial charge on any atom is 0.337 e. The van der Waals surface area contributed by atoms with E-state index in [4.69, 9.17) is 4.74 Å². The minimum absolute atomic E-state index is 0.00421. The van der Waals surface area contributed by atoms with Crippen molar-refractivity contribution in [3.8, 4) is 0 Å². The van der Waals surface area contributed by atoms with Crippen LogP contribution in [-0.2, 0) is 4.74 Å². The van der Waals surface area contributed by atoms with Gasteiger partial charge in [-0.1, -0.05) is 0 Å². The smallest absolute Gasteiger partial charge is 0.337 e. The van der Waals surface area contributed by atoms with Crippen molar-refractivity contribution in [2.45, 2.75) is 32.5 Å². The van der Waals surface area contributed by atoms with E-state index in [1.807, 2.05) is 25.7 Å². The number of anilines is 1. The van der Waals surface area contributed by atoms with Crippen LogP contribution < -0.4 is 4.90 Å². The maximum absolute atomic E-state index is 13.2. The summed E-state index contributed by atoms with van der Waals surface area (Å²) in [5.41, 5.74) is 0.170. The Morgan fingerprint density at radius 1 is 1.53 bits per heavy atom. The van der Waals surface area contributed by atoms with Crippen molar-refractivity contribution in [2.75, 3.05) is 18.0 Å². The molecule has 1 N–H and O–H groups in total. The van der Waals surface area contributed by atoms with Crippen molar-refractivity contribution in [3.05, 3.63) is 29.6 Å². The number of hydrogen-bond donors (Lipinski definition) is 1. The fraction of sp³-hybridized carbons (Fsp3) is 0.500. The molecule has 19 heavy (non-hydrogen) atoms. The highest BCUT2D eigenvalue weighted by molar-refractivity contribution is 5.94. The molecule has 1 fully saturated rings. The topological polar surface area (TPSA) is 49.8 Å². The van der Waals surface area contributed by atoms with Crippen molar-refractivity contribution in [3.63, 3.8) is 0 Å². The highest BCUT2D eigenvalue weighted by atomic mass is 19.1. The van der Waals surface area contributed by atoms with Crippen molar-refractivity contribution in [2.24, 2.45) is 0 Å². The monoisotopic (exact) mass is 267 g/mol. The Kier molecular flexibility index (Phi) is 3.49. The third kappa shape index (κ3) is 3.04. The number of carboxylic acids is 1. The summed E-state index contributed by atoms with van der Waals surface area (Å²) in [6, 6.07) is 3.87. The zero-order chi connectivity index (χ0) is 14.2. The Balaban J connectivity index is 2.38.